The van der Waals surface area contributed by atoms with Crippen LogP contribution in [0.5, 0.6) is 0 Å². The molecule has 3 heterocycles. The zero-order valence-corrected chi connectivity index (χ0v) is 13.7. The first-order valence-corrected chi connectivity index (χ1v) is 8.39. The van der Waals surface area contributed by atoms with Gasteiger partial charge in [0, 0.05) is 5.39 Å². The third-order valence-corrected chi connectivity index (χ3v) is 5.63. The van der Waals surface area contributed by atoms with E-state index in [1.54, 1.807) is 4.90 Å². The van der Waals surface area contributed by atoms with E-state index in [-0.39, 0.29) is 18.0 Å². The summed E-state index contributed by atoms with van der Waals surface area (Å²) in [6.07, 6.45) is 3.47. The molecular weight excluding hydrogens is 318 g/mol. The minimum absolute atomic E-state index is 0.0707. The van der Waals surface area contributed by atoms with Gasteiger partial charge in [-0.15, -0.1) is 0 Å². The fraction of sp³-hybridized carbons (Fsp3) is 0.300. The maximum atomic E-state index is 13.3. The van der Waals surface area contributed by atoms with Gasteiger partial charge in [0.25, 0.3) is 0 Å². The number of nitrogens with zero attached hydrogens (tertiary/aromatic N) is 1. The summed E-state index contributed by atoms with van der Waals surface area (Å²) in [5.41, 5.74) is 0.133. The molecule has 2 fully saturated rings. The average Bonchev–Trinajstić information content (AvgIpc) is 3.29. The van der Waals surface area contributed by atoms with Crippen molar-refractivity contribution in [3.8, 4) is 0 Å². The number of benzene rings is 2. The highest BCUT2D eigenvalue weighted by molar-refractivity contribution is 6.08. The second kappa shape index (κ2) is 4.92. The fourth-order valence-corrected chi connectivity index (χ4v) is 4.55. The molecule has 126 valence electrons. The molecule has 2 aromatic carbocycles. The molecule has 0 aliphatic carbocycles. The zero-order chi connectivity index (χ0) is 17.2. The van der Waals surface area contributed by atoms with Gasteiger partial charge in [-0.2, -0.15) is 0 Å². The third-order valence-electron chi connectivity index (χ3n) is 5.63. The van der Waals surface area contributed by atoms with Gasteiger partial charge in [0.1, 0.15) is 11.5 Å². The summed E-state index contributed by atoms with van der Waals surface area (Å²) in [5, 5.41) is 2.09. The number of methoxy groups -OCH3 is 1. The molecule has 3 aliphatic rings. The Hall–Kier alpha value is -2.66. The van der Waals surface area contributed by atoms with Gasteiger partial charge < -0.3 is 14.4 Å². The Morgan fingerprint density at radius 1 is 1.24 bits per heavy atom. The minimum Gasteiger partial charge on any atom is -0.469 e. The van der Waals surface area contributed by atoms with Gasteiger partial charge in [0.15, 0.2) is 0 Å². The molecule has 5 heteroatoms. The van der Waals surface area contributed by atoms with E-state index in [4.69, 9.17) is 9.47 Å². The number of amides is 1. The standard InChI is InChI=1S/C20H17NO4/c1-24-19(23)16-15-9-10-20(25-15)11-21(18(22)17(16)20)14-8-4-6-12-5-2-3-7-13(12)14/h2-10,15-17H,11H2,1H3/t15-,16+,17+,20-/m1/s1. The number of fused-ring (bicyclic) bond motifs is 2. The van der Waals surface area contributed by atoms with Crippen molar-refractivity contribution in [2.75, 3.05) is 18.6 Å². The number of rotatable bonds is 2. The van der Waals surface area contributed by atoms with Crippen LogP contribution in [0.2, 0.25) is 0 Å². The molecule has 1 spiro atoms. The molecule has 2 saturated heterocycles. The Bertz CT molecular complexity index is 931. The first-order chi connectivity index (χ1) is 12.1. The van der Waals surface area contributed by atoms with Crippen molar-refractivity contribution >= 4 is 28.3 Å². The van der Waals surface area contributed by atoms with Crippen LogP contribution in [0.15, 0.2) is 54.6 Å². The molecule has 1 amide bonds. The van der Waals surface area contributed by atoms with Gasteiger partial charge in [-0.25, -0.2) is 0 Å². The van der Waals surface area contributed by atoms with Crippen LogP contribution in [0.1, 0.15) is 0 Å². The monoisotopic (exact) mass is 335 g/mol. The number of hydrogen-bond donors (Lipinski definition) is 0. The average molecular weight is 335 g/mol. The minimum atomic E-state index is -0.725. The number of carbonyl (C=O) groups is 2. The molecule has 0 N–H and O–H groups in total. The second-order valence-electron chi connectivity index (χ2n) is 6.85. The number of esters is 1. The molecule has 0 unspecified atom stereocenters. The van der Waals surface area contributed by atoms with E-state index >= 15 is 0 Å². The summed E-state index contributed by atoms with van der Waals surface area (Å²) in [7, 11) is 1.35. The van der Waals surface area contributed by atoms with Gasteiger partial charge in [-0.05, 0) is 11.5 Å². The van der Waals surface area contributed by atoms with E-state index in [1.165, 1.54) is 7.11 Å². The maximum Gasteiger partial charge on any atom is 0.312 e. The highest BCUT2D eigenvalue weighted by Gasteiger charge is 2.67. The van der Waals surface area contributed by atoms with Crippen molar-refractivity contribution in [1.29, 1.82) is 0 Å². The van der Waals surface area contributed by atoms with Crippen LogP contribution in [0.3, 0.4) is 0 Å². The molecule has 2 bridgehead atoms. The molecular formula is C20H17NO4. The van der Waals surface area contributed by atoms with Crippen molar-refractivity contribution < 1.29 is 19.1 Å². The van der Waals surface area contributed by atoms with Crippen molar-refractivity contribution in [1.82, 2.24) is 0 Å². The topological polar surface area (TPSA) is 55.8 Å². The van der Waals surface area contributed by atoms with Crippen molar-refractivity contribution in [3.05, 3.63) is 54.6 Å². The first-order valence-electron chi connectivity index (χ1n) is 8.39. The molecule has 3 aliphatic heterocycles. The SMILES string of the molecule is COC(=O)[C@@H]1[C@H]2C(=O)N(c3cccc4ccccc34)C[C@]23C=C[C@H]1O3. The van der Waals surface area contributed by atoms with Gasteiger partial charge >= 0.3 is 5.97 Å². The largest absolute Gasteiger partial charge is 0.469 e. The lowest BCUT2D eigenvalue weighted by Gasteiger charge is -2.22. The van der Waals surface area contributed by atoms with E-state index in [1.807, 2.05) is 54.6 Å². The van der Waals surface area contributed by atoms with Crippen LogP contribution in [0.25, 0.3) is 10.8 Å². The number of anilines is 1. The normalized spacial score (nSPS) is 32.4. The molecule has 5 rings (SSSR count). The first kappa shape index (κ1) is 14.7. The van der Waals surface area contributed by atoms with E-state index in [0.717, 1.165) is 16.5 Å². The van der Waals surface area contributed by atoms with Crippen LogP contribution in [-0.2, 0) is 19.1 Å². The number of carbonyl (C=O) groups excluding carboxylic acids is 2. The van der Waals surface area contributed by atoms with E-state index < -0.39 is 17.4 Å². The van der Waals surface area contributed by atoms with Crippen LogP contribution in [0.4, 0.5) is 5.69 Å². The lowest BCUT2D eigenvalue weighted by molar-refractivity contribution is -0.149. The predicted molar refractivity (Wildman–Crippen MR) is 92.0 cm³/mol. The van der Waals surface area contributed by atoms with Gasteiger partial charge in [-0.1, -0.05) is 48.6 Å². The lowest BCUT2D eigenvalue weighted by Crippen LogP contribution is -2.39. The Morgan fingerprint density at radius 2 is 2.04 bits per heavy atom. The zero-order valence-electron chi connectivity index (χ0n) is 13.7. The van der Waals surface area contributed by atoms with Gasteiger partial charge in [0.05, 0.1) is 31.4 Å². The van der Waals surface area contributed by atoms with Crippen LogP contribution in [-0.4, -0.2) is 37.2 Å². The van der Waals surface area contributed by atoms with Crippen molar-refractivity contribution in [2.24, 2.45) is 11.8 Å². The number of ether oxygens (including phenoxy) is 2. The summed E-state index contributed by atoms with van der Waals surface area (Å²) in [5.74, 6) is -1.54. The second-order valence-corrected chi connectivity index (χ2v) is 6.85. The third kappa shape index (κ3) is 1.81. The Balaban J connectivity index is 1.61. The molecule has 25 heavy (non-hydrogen) atoms. The quantitative estimate of drug-likeness (QED) is 0.624. The lowest BCUT2D eigenvalue weighted by atomic mass is 9.77. The predicted octanol–water partition coefficient (Wildman–Crippen LogP) is 2.30. The summed E-state index contributed by atoms with van der Waals surface area (Å²) >= 11 is 0. The van der Waals surface area contributed by atoms with Crippen molar-refractivity contribution in [3.63, 3.8) is 0 Å². The van der Waals surface area contributed by atoms with Crippen molar-refractivity contribution in [2.45, 2.75) is 11.7 Å². The fourth-order valence-electron chi connectivity index (χ4n) is 4.55. The van der Waals surface area contributed by atoms with Crippen LogP contribution >= 0.6 is 0 Å². The van der Waals surface area contributed by atoms with Gasteiger partial charge in [-0.3, -0.25) is 9.59 Å². The number of hydrogen-bond acceptors (Lipinski definition) is 4. The summed E-state index contributed by atoms with van der Waals surface area (Å²) in [6, 6.07) is 13.9. The van der Waals surface area contributed by atoms with Crippen LogP contribution in [0, 0.1) is 11.8 Å². The summed E-state index contributed by atoms with van der Waals surface area (Å²) in [4.78, 5) is 27.2. The molecule has 5 nitrogen and oxygen atoms in total. The maximum absolute atomic E-state index is 13.3. The Kier molecular flexibility index (Phi) is 2.89. The highest BCUT2D eigenvalue weighted by atomic mass is 16.5. The van der Waals surface area contributed by atoms with E-state index in [9.17, 15) is 9.59 Å². The molecule has 0 aromatic heterocycles. The molecule has 0 saturated carbocycles. The van der Waals surface area contributed by atoms with Gasteiger partial charge in [0.2, 0.25) is 5.91 Å². The van der Waals surface area contributed by atoms with E-state index in [2.05, 4.69) is 0 Å². The summed E-state index contributed by atoms with van der Waals surface area (Å²) < 4.78 is 11.0. The van der Waals surface area contributed by atoms with Crippen LogP contribution < -0.4 is 4.90 Å². The smallest absolute Gasteiger partial charge is 0.312 e. The van der Waals surface area contributed by atoms with E-state index in [0.29, 0.717) is 6.54 Å². The molecule has 0 radical (unpaired) electrons. The highest BCUT2D eigenvalue weighted by Crippen LogP contribution is 2.53. The molecule has 2 aromatic rings. The molecule has 4 atom stereocenters. The summed E-state index contributed by atoms with van der Waals surface area (Å²) in [6.45, 7) is 0.422. The Labute approximate surface area is 144 Å². The Morgan fingerprint density at radius 3 is 2.88 bits per heavy atom.